The van der Waals surface area contributed by atoms with E-state index in [9.17, 15) is 4.79 Å². The number of anilines is 1. The van der Waals surface area contributed by atoms with Crippen LogP contribution in [-0.2, 0) is 0 Å². The molecule has 0 aliphatic rings. The summed E-state index contributed by atoms with van der Waals surface area (Å²) in [5, 5.41) is 3.16. The molecule has 1 N–H and O–H groups in total. The molecule has 1 unspecified atom stereocenters. The smallest absolute Gasteiger partial charge is 0.293 e. The standard InChI is InChI=1S/C12H21N3O/c1-5-6-10(4)14-11-12(16)15(9(2)3)8-7-13-11/h7-10H,5-6H2,1-4H3,(H,13,14). The molecule has 1 atom stereocenters. The second kappa shape index (κ2) is 5.68. The van der Waals surface area contributed by atoms with Crippen molar-refractivity contribution in [2.45, 2.75) is 52.6 Å². The molecule has 0 saturated heterocycles. The minimum atomic E-state index is -0.0412. The Bertz CT molecular complexity index is 384. The van der Waals surface area contributed by atoms with Crippen molar-refractivity contribution in [3.05, 3.63) is 22.7 Å². The van der Waals surface area contributed by atoms with Crippen LogP contribution in [0.15, 0.2) is 17.2 Å². The quantitative estimate of drug-likeness (QED) is 0.834. The Morgan fingerprint density at radius 3 is 2.69 bits per heavy atom. The van der Waals surface area contributed by atoms with Crippen molar-refractivity contribution in [3.8, 4) is 0 Å². The molecule has 0 bridgehead atoms. The summed E-state index contributed by atoms with van der Waals surface area (Å²) in [4.78, 5) is 16.1. The van der Waals surface area contributed by atoms with Gasteiger partial charge in [0, 0.05) is 24.5 Å². The van der Waals surface area contributed by atoms with Gasteiger partial charge in [-0.15, -0.1) is 0 Å². The van der Waals surface area contributed by atoms with Gasteiger partial charge in [0.2, 0.25) is 0 Å². The van der Waals surface area contributed by atoms with E-state index in [1.165, 1.54) is 0 Å². The molecule has 0 fully saturated rings. The Kier molecular flexibility index (Phi) is 4.52. The van der Waals surface area contributed by atoms with Gasteiger partial charge in [0.05, 0.1) is 0 Å². The van der Waals surface area contributed by atoms with Crippen molar-refractivity contribution < 1.29 is 0 Å². The summed E-state index contributed by atoms with van der Waals surface area (Å²) in [5.41, 5.74) is -0.0412. The molecule has 4 nitrogen and oxygen atoms in total. The number of aromatic nitrogens is 2. The Labute approximate surface area is 96.7 Å². The summed E-state index contributed by atoms with van der Waals surface area (Å²) < 4.78 is 1.69. The first kappa shape index (κ1) is 12.7. The van der Waals surface area contributed by atoms with E-state index in [-0.39, 0.29) is 17.6 Å². The first-order valence-corrected chi connectivity index (χ1v) is 5.90. The number of nitrogens with one attached hydrogen (secondary N) is 1. The van der Waals surface area contributed by atoms with Crippen molar-refractivity contribution in [2.75, 3.05) is 5.32 Å². The molecule has 4 heteroatoms. The largest absolute Gasteiger partial charge is 0.363 e. The third-order valence-corrected chi connectivity index (χ3v) is 2.53. The zero-order chi connectivity index (χ0) is 12.1. The molecule has 1 aromatic rings. The van der Waals surface area contributed by atoms with Crippen LogP contribution < -0.4 is 10.9 Å². The zero-order valence-electron chi connectivity index (χ0n) is 10.5. The van der Waals surface area contributed by atoms with Gasteiger partial charge in [-0.3, -0.25) is 4.79 Å². The Morgan fingerprint density at radius 1 is 1.44 bits per heavy atom. The maximum absolute atomic E-state index is 12.0. The summed E-state index contributed by atoms with van der Waals surface area (Å²) in [6.45, 7) is 8.17. The molecular formula is C12H21N3O. The van der Waals surface area contributed by atoms with Gasteiger partial charge in [-0.2, -0.15) is 0 Å². The monoisotopic (exact) mass is 223 g/mol. The molecule has 1 rings (SSSR count). The first-order chi connectivity index (χ1) is 7.56. The van der Waals surface area contributed by atoms with E-state index in [1.54, 1.807) is 17.0 Å². The molecule has 1 heterocycles. The van der Waals surface area contributed by atoms with E-state index < -0.39 is 0 Å². The molecule has 0 amide bonds. The van der Waals surface area contributed by atoms with Gasteiger partial charge in [0.15, 0.2) is 5.82 Å². The number of rotatable bonds is 5. The molecular weight excluding hydrogens is 202 g/mol. The van der Waals surface area contributed by atoms with Crippen LogP contribution in [0.5, 0.6) is 0 Å². The van der Waals surface area contributed by atoms with E-state index in [2.05, 4.69) is 24.1 Å². The molecule has 0 aliphatic carbocycles. The molecule has 0 spiro atoms. The highest BCUT2D eigenvalue weighted by atomic mass is 16.1. The minimum Gasteiger partial charge on any atom is -0.363 e. The topological polar surface area (TPSA) is 46.9 Å². The van der Waals surface area contributed by atoms with Crippen LogP contribution in [0.4, 0.5) is 5.82 Å². The second-order valence-corrected chi connectivity index (χ2v) is 4.42. The van der Waals surface area contributed by atoms with Crippen molar-refractivity contribution in [1.82, 2.24) is 9.55 Å². The molecule has 90 valence electrons. The van der Waals surface area contributed by atoms with Gasteiger partial charge in [-0.1, -0.05) is 13.3 Å². The number of hydrogen-bond acceptors (Lipinski definition) is 3. The van der Waals surface area contributed by atoms with Crippen LogP contribution in [0.1, 0.15) is 46.6 Å². The molecule has 0 aliphatic heterocycles. The predicted octanol–water partition coefficient (Wildman–Crippen LogP) is 2.42. The Morgan fingerprint density at radius 2 is 2.12 bits per heavy atom. The second-order valence-electron chi connectivity index (χ2n) is 4.42. The van der Waals surface area contributed by atoms with Crippen LogP contribution in [0.25, 0.3) is 0 Å². The van der Waals surface area contributed by atoms with Crippen molar-refractivity contribution >= 4 is 5.82 Å². The third-order valence-electron chi connectivity index (χ3n) is 2.53. The Balaban J connectivity index is 2.89. The Hall–Kier alpha value is -1.32. The van der Waals surface area contributed by atoms with Crippen LogP contribution in [0.2, 0.25) is 0 Å². The molecule has 1 aromatic heterocycles. The van der Waals surface area contributed by atoms with Gasteiger partial charge in [-0.25, -0.2) is 4.98 Å². The average molecular weight is 223 g/mol. The lowest BCUT2D eigenvalue weighted by atomic mass is 10.2. The van der Waals surface area contributed by atoms with Gasteiger partial charge >= 0.3 is 0 Å². The summed E-state index contributed by atoms with van der Waals surface area (Å²) in [5.74, 6) is 0.456. The van der Waals surface area contributed by atoms with Crippen molar-refractivity contribution in [2.24, 2.45) is 0 Å². The fourth-order valence-corrected chi connectivity index (χ4v) is 1.67. The highest BCUT2D eigenvalue weighted by molar-refractivity contribution is 5.32. The zero-order valence-corrected chi connectivity index (χ0v) is 10.5. The lowest BCUT2D eigenvalue weighted by Gasteiger charge is -2.15. The number of nitrogens with zero attached hydrogens (tertiary/aromatic N) is 2. The molecule has 16 heavy (non-hydrogen) atoms. The lowest BCUT2D eigenvalue weighted by molar-refractivity contribution is 0.573. The number of hydrogen-bond donors (Lipinski definition) is 1. The highest BCUT2D eigenvalue weighted by Crippen LogP contribution is 2.05. The fourth-order valence-electron chi connectivity index (χ4n) is 1.67. The maximum atomic E-state index is 12.0. The SMILES string of the molecule is CCCC(C)Nc1nccn(C(C)C)c1=O. The van der Waals surface area contributed by atoms with Crippen LogP contribution in [0, 0.1) is 0 Å². The fraction of sp³-hybridized carbons (Fsp3) is 0.667. The molecule has 0 aromatic carbocycles. The third kappa shape index (κ3) is 3.08. The van der Waals surface area contributed by atoms with E-state index in [0.717, 1.165) is 12.8 Å². The van der Waals surface area contributed by atoms with Gasteiger partial charge in [0.1, 0.15) is 0 Å². The first-order valence-electron chi connectivity index (χ1n) is 5.90. The predicted molar refractivity (Wildman–Crippen MR) is 66.9 cm³/mol. The highest BCUT2D eigenvalue weighted by Gasteiger charge is 2.09. The van der Waals surface area contributed by atoms with Crippen molar-refractivity contribution in [1.29, 1.82) is 0 Å². The average Bonchev–Trinajstić information content (AvgIpc) is 2.21. The molecule has 0 radical (unpaired) electrons. The summed E-state index contributed by atoms with van der Waals surface area (Å²) >= 11 is 0. The van der Waals surface area contributed by atoms with E-state index in [1.807, 2.05) is 13.8 Å². The molecule has 0 saturated carbocycles. The van der Waals surface area contributed by atoms with Gasteiger partial charge in [-0.05, 0) is 27.2 Å². The van der Waals surface area contributed by atoms with E-state index >= 15 is 0 Å². The van der Waals surface area contributed by atoms with Crippen molar-refractivity contribution in [3.63, 3.8) is 0 Å². The minimum absolute atomic E-state index is 0.0412. The van der Waals surface area contributed by atoms with Crippen LogP contribution >= 0.6 is 0 Å². The lowest BCUT2D eigenvalue weighted by Crippen LogP contribution is -2.28. The van der Waals surface area contributed by atoms with E-state index in [0.29, 0.717) is 5.82 Å². The normalized spacial score (nSPS) is 12.8. The van der Waals surface area contributed by atoms with Crippen LogP contribution in [0.3, 0.4) is 0 Å². The summed E-state index contributed by atoms with van der Waals surface area (Å²) in [6.07, 6.45) is 5.53. The van der Waals surface area contributed by atoms with E-state index in [4.69, 9.17) is 0 Å². The summed E-state index contributed by atoms with van der Waals surface area (Å²) in [7, 11) is 0. The summed E-state index contributed by atoms with van der Waals surface area (Å²) in [6, 6.07) is 0.450. The van der Waals surface area contributed by atoms with Crippen LogP contribution in [-0.4, -0.2) is 15.6 Å². The maximum Gasteiger partial charge on any atom is 0.293 e. The van der Waals surface area contributed by atoms with Gasteiger partial charge < -0.3 is 9.88 Å². The van der Waals surface area contributed by atoms with Gasteiger partial charge in [0.25, 0.3) is 5.56 Å².